The van der Waals surface area contributed by atoms with Crippen molar-refractivity contribution in [3.63, 3.8) is 0 Å². The molecule has 0 fully saturated rings. The number of guanidine groups is 1. The summed E-state index contributed by atoms with van der Waals surface area (Å²) < 4.78 is 0. The van der Waals surface area contributed by atoms with Gasteiger partial charge in [0.15, 0.2) is 5.96 Å². The molecule has 0 aliphatic rings. The monoisotopic (exact) mass is 384 g/mol. The van der Waals surface area contributed by atoms with E-state index in [4.69, 9.17) is 0 Å². The second-order valence-electron chi connectivity index (χ2n) is 5.51. The number of aliphatic imine (C=N–C) groups is 1. The number of rotatable bonds is 7. The minimum atomic E-state index is 0. The predicted molar refractivity (Wildman–Crippen MR) is 96.6 cm³/mol. The first-order valence-corrected chi connectivity index (χ1v) is 7.13. The van der Waals surface area contributed by atoms with Crippen LogP contribution >= 0.6 is 24.0 Å². The number of nitrogens with zero attached hydrogens (tertiary/aromatic N) is 2. The Morgan fingerprint density at radius 3 is 2.16 bits per heavy atom. The van der Waals surface area contributed by atoms with Crippen LogP contribution in [0.2, 0.25) is 0 Å². The molecular formula is C14H33IN4. The quantitative estimate of drug-likeness (QED) is 0.403. The molecule has 1 unspecified atom stereocenters. The van der Waals surface area contributed by atoms with Crippen molar-refractivity contribution < 1.29 is 0 Å². The van der Waals surface area contributed by atoms with E-state index in [-0.39, 0.29) is 24.0 Å². The molecule has 116 valence electrons. The van der Waals surface area contributed by atoms with E-state index in [1.807, 2.05) is 0 Å². The van der Waals surface area contributed by atoms with Gasteiger partial charge >= 0.3 is 0 Å². The molecule has 1 atom stereocenters. The number of hydrogen-bond donors (Lipinski definition) is 2. The van der Waals surface area contributed by atoms with Crippen molar-refractivity contribution in [1.82, 2.24) is 15.5 Å². The fourth-order valence-electron chi connectivity index (χ4n) is 1.28. The Morgan fingerprint density at radius 1 is 1.16 bits per heavy atom. The second kappa shape index (κ2) is 11.8. The lowest BCUT2D eigenvalue weighted by Gasteiger charge is -2.22. The van der Waals surface area contributed by atoms with Gasteiger partial charge in [-0.05, 0) is 40.7 Å². The smallest absolute Gasteiger partial charge is 0.191 e. The molecule has 0 bridgehead atoms. The fraction of sp³-hybridized carbons (Fsp3) is 0.929. The van der Waals surface area contributed by atoms with Crippen LogP contribution in [0.25, 0.3) is 0 Å². The molecule has 0 saturated heterocycles. The SMILES string of the molecule is CCNC(=NCCN(C)C(C)C)NC(C)C(C)C.I. The van der Waals surface area contributed by atoms with Crippen LogP contribution in [0.1, 0.15) is 41.5 Å². The standard InChI is InChI=1S/C14H32N4.HI/c1-8-15-14(17-13(6)11(2)3)16-9-10-18(7)12(4)5;/h11-13H,8-10H2,1-7H3,(H2,15,16,17);1H. The number of hydrogen-bond acceptors (Lipinski definition) is 2. The maximum absolute atomic E-state index is 4.61. The Bertz CT molecular complexity index is 242. The number of halogens is 1. The van der Waals surface area contributed by atoms with Crippen molar-refractivity contribution in [2.45, 2.75) is 53.6 Å². The molecule has 5 heteroatoms. The van der Waals surface area contributed by atoms with Crippen molar-refractivity contribution in [3.05, 3.63) is 0 Å². The van der Waals surface area contributed by atoms with Crippen LogP contribution in [-0.4, -0.2) is 49.6 Å². The van der Waals surface area contributed by atoms with Crippen LogP contribution < -0.4 is 10.6 Å². The van der Waals surface area contributed by atoms with Gasteiger partial charge in [-0.15, -0.1) is 24.0 Å². The molecule has 0 rings (SSSR count). The molecule has 19 heavy (non-hydrogen) atoms. The van der Waals surface area contributed by atoms with E-state index < -0.39 is 0 Å². The molecule has 0 aliphatic heterocycles. The molecule has 0 amide bonds. The minimum Gasteiger partial charge on any atom is -0.357 e. The molecule has 0 heterocycles. The zero-order valence-electron chi connectivity index (χ0n) is 13.7. The zero-order chi connectivity index (χ0) is 14.1. The molecule has 0 radical (unpaired) electrons. The van der Waals surface area contributed by atoms with Crippen LogP contribution in [-0.2, 0) is 0 Å². The van der Waals surface area contributed by atoms with Crippen LogP contribution in [0.3, 0.4) is 0 Å². The van der Waals surface area contributed by atoms with Gasteiger partial charge in [0, 0.05) is 25.2 Å². The average molecular weight is 384 g/mol. The van der Waals surface area contributed by atoms with Crippen molar-refractivity contribution in [2.75, 3.05) is 26.7 Å². The van der Waals surface area contributed by atoms with E-state index in [1.165, 1.54) is 0 Å². The first-order valence-electron chi connectivity index (χ1n) is 7.13. The molecule has 4 nitrogen and oxygen atoms in total. The first kappa shape index (κ1) is 21.3. The Labute approximate surface area is 136 Å². The minimum absolute atomic E-state index is 0. The van der Waals surface area contributed by atoms with Gasteiger partial charge in [-0.1, -0.05) is 13.8 Å². The summed E-state index contributed by atoms with van der Waals surface area (Å²) in [4.78, 5) is 6.92. The van der Waals surface area contributed by atoms with Gasteiger partial charge < -0.3 is 15.5 Å². The second-order valence-corrected chi connectivity index (χ2v) is 5.51. The Morgan fingerprint density at radius 2 is 1.74 bits per heavy atom. The summed E-state index contributed by atoms with van der Waals surface area (Å²) in [5, 5.41) is 6.73. The van der Waals surface area contributed by atoms with Crippen LogP contribution in [0.15, 0.2) is 4.99 Å². The fourth-order valence-corrected chi connectivity index (χ4v) is 1.28. The van der Waals surface area contributed by atoms with Crippen molar-refractivity contribution in [2.24, 2.45) is 10.9 Å². The Kier molecular flexibility index (Phi) is 13.2. The van der Waals surface area contributed by atoms with E-state index >= 15 is 0 Å². The highest BCUT2D eigenvalue weighted by atomic mass is 127. The molecule has 0 spiro atoms. The van der Waals surface area contributed by atoms with E-state index in [2.05, 4.69) is 69.1 Å². The van der Waals surface area contributed by atoms with E-state index in [0.717, 1.165) is 25.6 Å². The predicted octanol–water partition coefficient (Wildman–Crippen LogP) is 2.54. The highest BCUT2D eigenvalue weighted by molar-refractivity contribution is 14.0. The highest BCUT2D eigenvalue weighted by Gasteiger charge is 2.08. The first-order chi connectivity index (χ1) is 8.38. The average Bonchev–Trinajstić information content (AvgIpc) is 2.28. The van der Waals surface area contributed by atoms with Gasteiger partial charge in [0.1, 0.15) is 0 Å². The van der Waals surface area contributed by atoms with Crippen LogP contribution in [0.4, 0.5) is 0 Å². The summed E-state index contributed by atoms with van der Waals surface area (Å²) in [5.74, 6) is 1.53. The van der Waals surface area contributed by atoms with Crippen molar-refractivity contribution in [3.8, 4) is 0 Å². The van der Waals surface area contributed by atoms with E-state index in [1.54, 1.807) is 0 Å². The third kappa shape index (κ3) is 10.4. The molecule has 2 N–H and O–H groups in total. The molecule has 0 aromatic rings. The molecular weight excluding hydrogens is 351 g/mol. The third-order valence-corrected chi connectivity index (χ3v) is 3.31. The topological polar surface area (TPSA) is 39.7 Å². The van der Waals surface area contributed by atoms with E-state index in [9.17, 15) is 0 Å². The largest absolute Gasteiger partial charge is 0.357 e. The summed E-state index contributed by atoms with van der Waals surface area (Å²) >= 11 is 0. The Hall–Kier alpha value is -0.0400. The van der Waals surface area contributed by atoms with Gasteiger partial charge in [-0.2, -0.15) is 0 Å². The molecule has 0 saturated carbocycles. The lowest BCUT2D eigenvalue weighted by molar-refractivity contribution is 0.282. The summed E-state index contributed by atoms with van der Waals surface area (Å²) in [6, 6.07) is 1.01. The Balaban J connectivity index is 0. The van der Waals surface area contributed by atoms with Gasteiger partial charge in [0.25, 0.3) is 0 Å². The van der Waals surface area contributed by atoms with Gasteiger partial charge in [-0.3, -0.25) is 4.99 Å². The van der Waals surface area contributed by atoms with Gasteiger partial charge in [0.05, 0.1) is 6.54 Å². The summed E-state index contributed by atoms with van der Waals surface area (Å²) in [6.07, 6.45) is 0. The summed E-state index contributed by atoms with van der Waals surface area (Å²) in [6.45, 7) is 15.8. The third-order valence-electron chi connectivity index (χ3n) is 3.31. The van der Waals surface area contributed by atoms with Crippen molar-refractivity contribution in [1.29, 1.82) is 0 Å². The maximum atomic E-state index is 4.61. The lowest BCUT2D eigenvalue weighted by Crippen LogP contribution is -2.44. The highest BCUT2D eigenvalue weighted by Crippen LogP contribution is 1.99. The van der Waals surface area contributed by atoms with Crippen LogP contribution in [0, 0.1) is 5.92 Å². The normalized spacial score (nSPS) is 13.7. The lowest BCUT2D eigenvalue weighted by atomic mass is 10.1. The van der Waals surface area contributed by atoms with Gasteiger partial charge in [-0.25, -0.2) is 0 Å². The van der Waals surface area contributed by atoms with Gasteiger partial charge in [0.2, 0.25) is 0 Å². The number of likely N-dealkylation sites (N-methyl/N-ethyl adjacent to an activating group) is 1. The van der Waals surface area contributed by atoms with Crippen LogP contribution in [0.5, 0.6) is 0 Å². The molecule has 0 aliphatic carbocycles. The maximum Gasteiger partial charge on any atom is 0.191 e. The zero-order valence-corrected chi connectivity index (χ0v) is 16.0. The van der Waals surface area contributed by atoms with Crippen molar-refractivity contribution >= 4 is 29.9 Å². The molecule has 0 aromatic carbocycles. The molecule has 0 aromatic heterocycles. The number of nitrogens with one attached hydrogen (secondary N) is 2. The van der Waals surface area contributed by atoms with E-state index in [0.29, 0.717) is 18.0 Å². The summed E-state index contributed by atoms with van der Waals surface area (Å²) in [7, 11) is 2.14. The summed E-state index contributed by atoms with van der Waals surface area (Å²) in [5.41, 5.74) is 0.